The minimum atomic E-state index is -0.317. The van der Waals surface area contributed by atoms with Crippen molar-refractivity contribution in [2.24, 2.45) is 5.41 Å². The van der Waals surface area contributed by atoms with E-state index in [1.807, 2.05) is 32.6 Å². The molecule has 134 valence electrons. The van der Waals surface area contributed by atoms with Gasteiger partial charge in [-0.2, -0.15) is 4.98 Å². The third-order valence-corrected chi connectivity index (χ3v) is 4.96. The lowest BCUT2D eigenvalue weighted by molar-refractivity contribution is 0.0125. The largest absolute Gasteiger partial charge is 0.379 e. The Morgan fingerprint density at radius 2 is 2.12 bits per heavy atom. The van der Waals surface area contributed by atoms with Gasteiger partial charge in [0.1, 0.15) is 6.04 Å². The molecule has 1 spiro atoms. The van der Waals surface area contributed by atoms with Crippen LogP contribution >= 0.6 is 0 Å². The molecule has 2 aliphatic rings. The molecule has 1 aromatic rings. The predicted molar refractivity (Wildman–Crippen MR) is 88.6 cm³/mol. The van der Waals surface area contributed by atoms with E-state index in [9.17, 15) is 4.79 Å². The van der Waals surface area contributed by atoms with Crippen LogP contribution in [-0.2, 0) is 10.2 Å². The fourth-order valence-electron chi connectivity index (χ4n) is 3.20. The Morgan fingerprint density at radius 3 is 2.71 bits per heavy atom. The summed E-state index contributed by atoms with van der Waals surface area (Å²) in [5.74, 6) is 1.09. The Bertz CT molecular complexity index is 589. The molecular formula is C17H28N4O3. The number of nitrogens with one attached hydrogen (secondary N) is 1. The summed E-state index contributed by atoms with van der Waals surface area (Å²) in [4.78, 5) is 18.9. The van der Waals surface area contributed by atoms with Crippen molar-refractivity contribution in [2.75, 3.05) is 26.3 Å². The third-order valence-electron chi connectivity index (χ3n) is 4.96. The van der Waals surface area contributed by atoms with E-state index in [1.54, 1.807) is 0 Å². The summed E-state index contributed by atoms with van der Waals surface area (Å²) >= 11 is 0. The van der Waals surface area contributed by atoms with Crippen LogP contribution in [0, 0.1) is 5.41 Å². The van der Waals surface area contributed by atoms with Crippen molar-refractivity contribution >= 4 is 6.03 Å². The monoisotopic (exact) mass is 336 g/mol. The molecule has 7 nitrogen and oxygen atoms in total. The molecule has 1 aromatic heterocycles. The highest BCUT2D eigenvalue weighted by atomic mass is 16.5. The van der Waals surface area contributed by atoms with Crippen molar-refractivity contribution in [3.8, 4) is 0 Å². The Kier molecular flexibility index (Phi) is 4.55. The lowest BCUT2D eigenvalue weighted by Gasteiger charge is -2.42. The quantitative estimate of drug-likeness (QED) is 0.898. The number of carbonyl (C=O) groups is 1. The van der Waals surface area contributed by atoms with E-state index in [-0.39, 0.29) is 22.9 Å². The molecule has 3 rings (SSSR count). The van der Waals surface area contributed by atoms with Crippen molar-refractivity contribution in [3.63, 3.8) is 0 Å². The van der Waals surface area contributed by atoms with Crippen LogP contribution in [0.25, 0.3) is 0 Å². The van der Waals surface area contributed by atoms with Gasteiger partial charge in [0.2, 0.25) is 5.89 Å². The number of nitrogens with zero attached hydrogens (tertiary/aromatic N) is 3. The van der Waals surface area contributed by atoms with Gasteiger partial charge in [-0.3, -0.25) is 0 Å². The molecule has 0 bridgehead atoms. The van der Waals surface area contributed by atoms with Gasteiger partial charge in [-0.15, -0.1) is 0 Å². The number of hydrogen-bond donors (Lipinski definition) is 1. The van der Waals surface area contributed by atoms with E-state index in [1.165, 1.54) is 6.42 Å². The number of carbonyl (C=O) groups excluding carboxylic acids is 1. The maximum Gasteiger partial charge on any atom is 0.318 e. The first-order valence-corrected chi connectivity index (χ1v) is 8.76. The molecule has 2 heterocycles. The SMILES string of the molecule is CC(NC(=O)N1CCOCC2(CCC2)C1)c1nc(C(C)(C)C)no1. The van der Waals surface area contributed by atoms with Gasteiger partial charge in [0, 0.05) is 23.9 Å². The molecule has 1 aliphatic carbocycles. The molecule has 1 N–H and O–H groups in total. The van der Waals surface area contributed by atoms with E-state index < -0.39 is 0 Å². The number of amides is 2. The maximum atomic E-state index is 12.6. The average Bonchev–Trinajstić information content (AvgIpc) is 2.85. The van der Waals surface area contributed by atoms with Gasteiger partial charge in [-0.25, -0.2) is 4.79 Å². The van der Waals surface area contributed by atoms with E-state index in [0.717, 1.165) is 26.0 Å². The van der Waals surface area contributed by atoms with Crippen molar-refractivity contribution in [2.45, 2.75) is 58.4 Å². The first kappa shape index (κ1) is 17.2. The van der Waals surface area contributed by atoms with E-state index in [2.05, 4.69) is 15.5 Å². The van der Waals surface area contributed by atoms with Crippen LogP contribution in [0.5, 0.6) is 0 Å². The Labute approximate surface area is 143 Å². The molecule has 7 heteroatoms. The number of ether oxygens (including phenoxy) is 1. The van der Waals surface area contributed by atoms with Crippen LogP contribution in [0.2, 0.25) is 0 Å². The number of urea groups is 1. The van der Waals surface area contributed by atoms with Gasteiger partial charge in [0.25, 0.3) is 0 Å². The smallest absolute Gasteiger partial charge is 0.318 e. The summed E-state index contributed by atoms with van der Waals surface area (Å²) in [6, 6.07) is -0.405. The molecule has 1 unspecified atom stereocenters. The molecule has 2 amide bonds. The van der Waals surface area contributed by atoms with E-state index >= 15 is 0 Å². The zero-order chi connectivity index (χ0) is 17.4. The van der Waals surface area contributed by atoms with Crippen molar-refractivity contribution in [1.29, 1.82) is 0 Å². The molecule has 24 heavy (non-hydrogen) atoms. The summed E-state index contributed by atoms with van der Waals surface area (Å²) in [7, 11) is 0. The molecule has 0 radical (unpaired) electrons. The molecule has 1 saturated carbocycles. The van der Waals surface area contributed by atoms with Gasteiger partial charge in [-0.05, 0) is 19.8 Å². The highest BCUT2D eigenvalue weighted by Gasteiger charge is 2.41. The van der Waals surface area contributed by atoms with Crippen LogP contribution in [-0.4, -0.2) is 47.4 Å². The normalized spacial score (nSPS) is 21.9. The molecular weight excluding hydrogens is 308 g/mol. The van der Waals surface area contributed by atoms with Crippen LogP contribution in [0.3, 0.4) is 0 Å². The standard InChI is InChI=1S/C17H28N4O3/c1-12(13-19-14(20-24-13)16(2,3)4)18-15(22)21-8-9-23-11-17(10-21)6-5-7-17/h12H,5-11H2,1-4H3,(H,18,22). The highest BCUT2D eigenvalue weighted by Crippen LogP contribution is 2.42. The number of hydrogen-bond acceptors (Lipinski definition) is 5. The lowest BCUT2D eigenvalue weighted by atomic mass is 9.69. The molecule has 1 atom stereocenters. The Morgan fingerprint density at radius 1 is 1.38 bits per heavy atom. The van der Waals surface area contributed by atoms with Crippen molar-refractivity contribution in [1.82, 2.24) is 20.4 Å². The van der Waals surface area contributed by atoms with Crippen molar-refractivity contribution < 1.29 is 14.1 Å². The van der Waals surface area contributed by atoms with Gasteiger partial charge in [-0.1, -0.05) is 32.3 Å². The fourth-order valence-corrected chi connectivity index (χ4v) is 3.20. The van der Waals surface area contributed by atoms with Crippen LogP contribution in [0.1, 0.15) is 64.7 Å². The molecule has 2 fully saturated rings. The fraction of sp³-hybridized carbons (Fsp3) is 0.824. The summed E-state index contributed by atoms with van der Waals surface area (Å²) in [6.45, 7) is 10.7. The van der Waals surface area contributed by atoms with E-state index in [4.69, 9.17) is 9.26 Å². The van der Waals surface area contributed by atoms with Crippen LogP contribution in [0.15, 0.2) is 4.52 Å². The molecule has 1 aliphatic heterocycles. The Balaban J connectivity index is 1.62. The second-order valence-electron chi connectivity index (χ2n) is 8.21. The predicted octanol–water partition coefficient (Wildman–Crippen LogP) is 2.64. The lowest BCUT2D eigenvalue weighted by Crippen LogP contribution is -2.49. The first-order chi connectivity index (χ1) is 11.3. The van der Waals surface area contributed by atoms with Gasteiger partial charge in [0.05, 0.1) is 13.2 Å². The van der Waals surface area contributed by atoms with Gasteiger partial charge < -0.3 is 19.5 Å². The van der Waals surface area contributed by atoms with Crippen molar-refractivity contribution in [3.05, 3.63) is 11.7 Å². The van der Waals surface area contributed by atoms with E-state index in [0.29, 0.717) is 24.9 Å². The number of aromatic nitrogens is 2. The topological polar surface area (TPSA) is 80.5 Å². The first-order valence-electron chi connectivity index (χ1n) is 8.76. The summed E-state index contributed by atoms with van der Waals surface area (Å²) in [5.41, 5.74) is -0.00875. The second-order valence-corrected chi connectivity index (χ2v) is 8.21. The third kappa shape index (κ3) is 3.55. The summed E-state index contributed by atoms with van der Waals surface area (Å²) in [6.07, 6.45) is 3.52. The minimum absolute atomic E-state index is 0.0882. The average molecular weight is 336 g/mol. The zero-order valence-corrected chi connectivity index (χ0v) is 15.1. The maximum absolute atomic E-state index is 12.6. The highest BCUT2D eigenvalue weighted by molar-refractivity contribution is 5.74. The summed E-state index contributed by atoms with van der Waals surface area (Å²) < 4.78 is 11.0. The van der Waals surface area contributed by atoms with Crippen LogP contribution < -0.4 is 5.32 Å². The van der Waals surface area contributed by atoms with Crippen LogP contribution in [0.4, 0.5) is 4.79 Å². The van der Waals surface area contributed by atoms with Gasteiger partial charge in [0.15, 0.2) is 5.82 Å². The summed E-state index contributed by atoms with van der Waals surface area (Å²) in [5, 5.41) is 7.00. The van der Waals surface area contributed by atoms with Gasteiger partial charge >= 0.3 is 6.03 Å². The Hall–Kier alpha value is -1.63. The number of rotatable bonds is 2. The second kappa shape index (κ2) is 6.35. The molecule has 1 saturated heterocycles. The molecule has 0 aromatic carbocycles. The minimum Gasteiger partial charge on any atom is -0.379 e. The zero-order valence-electron chi connectivity index (χ0n) is 15.1.